The quantitative estimate of drug-likeness (QED) is 0.617. The Morgan fingerprint density at radius 1 is 1.14 bits per heavy atom. The number of amides is 2. The average Bonchev–Trinajstić information content (AvgIpc) is 2.69. The monoisotopic (exact) mass is 401 g/mol. The molecular weight excluding hydrogens is 382 g/mol. The maximum Gasteiger partial charge on any atom is 0.274 e. The zero-order valence-electron chi connectivity index (χ0n) is 15.4. The lowest BCUT2D eigenvalue weighted by Gasteiger charge is -2.31. The summed E-state index contributed by atoms with van der Waals surface area (Å²) in [4.78, 5) is 37.5. The zero-order valence-corrected chi connectivity index (χ0v) is 16.1. The lowest BCUT2D eigenvalue weighted by atomic mass is 9.95. The number of hydrogen-bond donors (Lipinski definition) is 1. The molecule has 1 aliphatic heterocycles. The maximum absolute atomic E-state index is 12.6. The number of nitrogens with zero attached hydrogens (tertiary/aromatic N) is 2. The van der Waals surface area contributed by atoms with E-state index in [0.29, 0.717) is 47.8 Å². The molecule has 1 N–H and O–H groups in total. The van der Waals surface area contributed by atoms with Gasteiger partial charge in [-0.3, -0.25) is 19.7 Å². The van der Waals surface area contributed by atoms with Gasteiger partial charge in [-0.1, -0.05) is 29.8 Å². The molecule has 146 valence electrons. The fraction of sp³-hybridized carbons (Fsp3) is 0.300. The molecule has 1 fully saturated rings. The van der Waals surface area contributed by atoms with Crippen LogP contribution in [0.3, 0.4) is 0 Å². The van der Waals surface area contributed by atoms with Gasteiger partial charge in [-0.25, -0.2) is 0 Å². The molecule has 0 radical (unpaired) electrons. The molecule has 0 unspecified atom stereocenters. The summed E-state index contributed by atoms with van der Waals surface area (Å²) < 4.78 is 0. The minimum atomic E-state index is -0.468. The third kappa shape index (κ3) is 4.14. The number of likely N-dealkylation sites (tertiary alicyclic amines) is 1. The lowest BCUT2D eigenvalue weighted by Crippen LogP contribution is -2.41. The van der Waals surface area contributed by atoms with Gasteiger partial charge in [0.05, 0.1) is 26.8 Å². The Morgan fingerprint density at radius 3 is 2.46 bits per heavy atom. The van der Waals surface area contributed by atoms with Crippen LogP contribution in [-0.4, -0.2) is 34.7 Å². The van der Waals surface area contributed by atoms with Crippen molar-refractivity contribution in [3.05, 3.63) is 68.7 Å². The van der Waals surface area contributed by atoms with Gasteiger partial charge in [0.25, 0.3) is 11.6 Å². The highest BCUT2D eigenvalue weighted by atomic mass is 35.5. The minimum Gasteiger partial charge on any atom is -0.339 e. The minimum absolute atomic E-state index is 0.0297. The number of carbonyl (C=O) groups is 2. The average molecular weight is 402 g/mol. The number of anilines is 1. The summed E-state index contributed by atoms with van der Waals surface area (Å²) in [6.07, 6.45) is 1.05. The van der Waals surface area contributed by atoms with E-state index in [1.54, 1.807) is 48.2 Å². The molecule has 0 spiro atoms. The van der Waals surface area contributed by atoms with Gasteiger partial charge in [0.2, 0.25) is 5.91 Å². The molecule has 0 bridgehead atoms. The third-order valence-electron chi connectivity index (χ3n) is 5.02. The van der Waals surface area contributed by atoms with Crippen LogP contribution >= 0.6 is 11.6 Å². The van der Waals surface area contributed by atoms with Gasteiger partial charge in [-0.2, -0.15) is 0 Å². The molecule has 2 aromatic carbocycles. The van der Waals surface area contributed by atoms with Gasteiger partial charge < -0.3 is 10.2 Å². The fourth-order valence-electron chi connectivity index (χ4n) is 3.34. The van der Waals surface area contributed by atoms with Crippen LogP contribution < -0.4 is 5.32 Å². The van der Waals surface area contributed by atoms with Crippen LogP contribution in [0.25, 0.3) is 0 Å². The summed E-state index contributed by atoms with van der Waals surface area (Å²) >= 11 is 6.10. The van der Waals surface area contributed by atoms with E-state index >= 15 is 0 Å². The second-order valence-corrected chi connectivity index (χ2v) is 7.15. The van der Waals surface area contributed by atoms with E-state index in [1.807, 2.05) is 0 Å². The van der Waals surface area contributed by atoms with E-state index in [4.69, 9.17) is 11.6 Å². The van der Waals surface area contributed by atoms with Crippen LogP contribution in [0.5, 0.6) is 0 Å². The Labute approximate surface area is 167 Å². The Kier molecular flexibility index (Phi) is 5.94. The summed E-state index contributed by atoms with van der Waals surface area (Å²) in [7, 11) is 0. The number of rotatable bonds is 4. The summed E-state index contributed by atoms with van der Waals surface area (Å²) in [5.41, 5.74) is 1.29. The molecule has 1 aliphatic rings. The van der Waals surface area contributed by atoms with Gasteiger partial charge in [-0.05, 0) is 38.0 Å². The van der Waals surface area contributed by atoms with Gasteiger partial charge in [0.1, 0.15) is 0 Å². The molecule has 1 saturated heterocycles. The maximum atomic E-state index is 12.6. The first-order chi connectivity index (χ1) is 13.4. The summed E-state index contributed by atoms with van der Waals surface area (Å²) in [5, 5.41) is 14.3. The molecule has 2 aromatic rings. The molecular formula is C20H20ClN3O4. The van der Waals surface area contributed by atoms with Crippen molar-refractivity contribution in [2.75, 3.05) is 18.4 Å². The fourth-order valence-corrected chi connectivity index (χ4v) is 3.56. The number of nitrogens with one attached hydrogen (secondary N) is 1. The number of halogens is 1. The van der Waals surface area contributed by atoms with Gasteiger partial charge in [0.15, 0.2) is 0 Å². The third-order valence-corrected chi connectivity index (χ3v) is 5.35. The molecule has 2 amide bonds. The second kappa shape index (κ2) is 8.39. The first kappa shape index (κ1) is 19.8. The van der Waals surface area contributed by atoms with Crippen molar-refractivity contribution in [3.8, 4) is 0 Å². The number of hydrogen-bond acceptors (Lipinski definition) is 4. The van der Waals surface area contributed by atoms with Crippen molar-refractivity contribution in [2.24, 2.45) is 5.92 Å². The van der Waals surface area contributed by atoms with Gasteiger partial charge in [0, 0.05) is 25.1 Å². The lowest BCUT2D eigenvalue weighted by molar-refractivity contribution is -0.385. The van der Waals surface area contributed by atoms with Crippen LogP contribution in [0.2, 0.25) is 5.02 Å². The first-order valence-corrected chi connectivity index (χ1v) is 9.35. The van der Waals surface area contributed by atoms with Crippen molar-refractivity contribution >= 4 is 34.8 Å². The molecule has 0 aliphatic carbocycles. The van der Waals surface area contributed by atoms with Crippen molar-refractivity contribution in [1.29, 1.82) is 0 Å². The Morgan fingerprint density at radius 2 is 1.82 bits per heavy atom. The van der Waals surface area contributed by atoms with Crippen LogP contribution in [0.4, 0.5) is 11.4 Å². The smallest absolute Gasteiger partial charge is 0.274 e. The van der Waals surface area contributed by atoms with Crippen molar-refractivity contribution in [1.82, 2.24) is 4.90 Å². The van der Waals surface area contributed by atoms with E-state index in [9.17, 15) is 19.7 Å². The van der Waals surface area contributed by atoms with Crippen molar-refractivity contribution < 1.29 is 14.5 Å². The Bertz CT molecular complexity index is 923. The van der Waals surface area contributed by atoms with Crippen LogP contribution in [0, 0.1) is 23.0 Å². The van der Waals surface area contributed by atoms with Crippen molar-refractivity contribution in [3.63, 3.8) is 0 Å². The van der Waals surface area contributed by atoms with Gasteiger partial charge in [-0.15, -0.1) is 0 Å². The van der Waals surface area contributed by atoms with E-state index < -0.39 is 4.92 Å². The van der Waals surface area contributed by atoms with Crippen molar-refractivity contribution in [2.45, 2.75) is 19.8 Å². The summed E-state index contributed by atoms with van der Waals surface area (Å²) in [5.74, 6) is -0.582. The van der Waals surface area contributed by atoms with E-state index in [0.717, 1.165) is 0 Å². The zero-order chi connectivity index (χ0) is 20.3. The standard InChI is InChI=1S/C20H20ClN3O4/c1-13-17(7-4-8-18(13)24(27)28)22-19(25)14-9-11-23(12-10-14)20(26)15-5-2-3-6-16(15)21/h2-8,14H,9-12H2,1H3,(H,22,25). The second-order valence-electron chi connectivity index (χ2n) is 6.74. The highest BCUT2D eigenvalue weighted by molar-refractivity contribution is 6.33. The van der Waals surface area contributed by atoms with Gasteiger partial charge >= 0.3 is 0 Å². The molecule has 7 nitrogen and oxygen atoms in total. The molecule has 0 atom stereocenters. The Balaban J connectivity index is 1.62. The number of nitro benzene ring substituents is 1. The topological polar surface area (TPSA) is 92.6 Å². The number of carbonyl (C=O) groups excluding carboxylic acids is 2. The molecule has 0 aromatic heterocycles. The van der Waals surface area contributed by atoms with E-state index in [2.05, 4.69) is 5.32 Å². The highest BCUT2D eigenvalue weighted by Gasteiger charge is 2.29. The number of nitro groups is 1. The molecule has 8 heteroatoms. The highest BCUT2D eigenvalue weighted by Crippen LogP contribution is 2.27. The van der Waals surface area contributed by atoms with Crippen LogP contribution in [0.1, 0.15) is 28.8 Å². The summed E-state index contributed by atoms with van der Waals surface area (Å²) in [6.45, 7) is 2.52. The predicted octanol–water partition coefficient (Wildman–Crippen LogP) is 4.05. The van der Waals surface area contributed by atoms with Crippen LogP contribution in [0.15, 0.2) is 42.5 Å². The normalized spacial score (nSPS) is 14.6. The number of piperidine rings is 1. The SMILES string of the molecule is Cc1c(NC(=O)C2CCN(C(=O)c3ccccc3Cl)CC2)cccc1[N+](=O)[O-]. The first-order valence-electron chi connectivity index (χ1n) is 8.97. The van der Waals surface area contributed by atoms with E-state index in [-0.39, 0.29) is 23.4 Å². The molecule has 0 saturated carbocycles. The molecule has 28 heavy (non-hydrogen) atoms. The Hall–Kier alpha value is -2.93. The van der Waals surface area contributed by atoms with E-state index in [1.165, 1.54) is 6.07 Å². The van der Waals surface area contributed by atoms with Crippen LogP contribution in [-0.2, 0) is 4.79 Å². The number of benzene rings is 2. The summed E-state index contributed by atoms with van der Waals surface area (Å²) in [6, 6.07) is 11.5. The molecule has 1 heterocycles. The largest absolute Gasteiger partial charge is 0.339 e. The molecule has 3 rings (SSSR count). The predicted molar refractivity (Wildman–Crippen MR) is 107 cm³/mol.